The summed E-state index contributed by atoms with van der Waals surface area (Å²) in [5.74, 6) is -0.844. The number of carbonyl (C=O) groups is 2. The minimum atomic E-state index is -1.15. The summed E-state index contributed by atoms with van der Waals surface area (Å²) >= 11 is 0. The lowest BCUT2D eigenvalue weighted by Gasteiger charge is -2.39. The summed E-state index contributed by atoms with van der Waals surface area (Å²) in [5.41, 5.74) is -1.36. The van der Waals surface area contributed by atoms with Gasteiger partial charge in [0.15, 0.2) is 6.10 Å². The van der Waals surface area contributed by atoms with Crippen LogP contribution in [0.4, 0.5) is 4.79 Å². The van der Waals surface area contributed by atoms with Crippen LogP contribution in [-0.2, 0) is 23.7 Å². The fourth-order valence-electron chi connectivity index (χ4n) is 6.69. The van der Waals surface area contributed by atoms with E-state index in [4.69, 9.17) is 18.9 Å². The molecule has 3 aliphatic rings. The van der Waals surface area contributed by atoms with Crippen molar-refractivity contribution < 1.29 is 43.9 Å². The first-order chi connectivity index (χ1) is 23.5. The number of esters is 1. The monoisotopic (exact) mass is 707 g/mol. The number of cyclic esters (lactones) is 1. The zero-order valence-corrected chi connectivity index (χ0v) is 31.9. The molecule has 286 valence electrons. The molecule has 0 spiro atoms. The number of aliphatic hydroxyl groups excluding tert-OH is 2. The van der Waals surface area contributed by atoms with E-state index in [9.17, 15) is 24.9 Å². The Kier molecular flexibility index (Phi) is 16.0. The highest BCUT2D eigenvalue weighted by atomic mass is 16.6. The number of aliphatic hydroxyl groups is 3. The second-order valence-corrected chi connectivity index (χ2v) is 15.3. The Bertz CT molecular complexity index is 1180. The fourth-order valence-corrected chi connectivity index (χ4v) is 6.69. The standard InChI is InChI=1S/C38H65N3O9/c1-10-30(43)28(4)35-31(48-35)25-37(5,46)16-11-12-26(2)34-27(3)13-14-32(38(6,47-9)17-15-29(42)24-33(44)50-34)49-36(45)41-22-20-40(21-23-41)19-18-39(7)8/h11-14,16,27-32,34-35,42-43,46H,10,15,17-25H2,1-9H3/b14-13+,16-11+,26-12+. The third-order valence-corrected chi connectivity index (χ3v) is 10.5. The Morgan fingerprint density at radius 2 is 1.92 bits per heavy atom. The lowest BCUT2D eigenvalue weighted by molar-refractivity contribution is -0.151. The van der Waals surface area contributed by atoms with E-state index in [1.54, 1.807) is 31.1 Å². The normalized spacial score (nSPS) is 33.6. The average Bonchev–Trinajstić information content (AvgIpc) is 3.83. The van der Waals surface area contributed by atoms with Crippen LogP contribution in [-0.4, -0.2) is 150 Å². The van der Waals surface area contributed by atoms with Gasteiger partial charge >= 0.3 is 12.1 Å². The highest BCUT2D eigenvalue weighted by Crippen LogP contribution is 2.37. The molecule has 0 aromatic carbocycles. The largest absolute Gasteiger partial charge is 0.457 e. The van der Waals surface area contributed by atoms with Crippen molar-refractivity contribution in [2.75, 3.05) is 60.5 Å². The van der Waals surface area contributed by atoms with Gasteiger partial charge in [-0.2, -0.15) is 0 Å². The molecule has 1 amide bonds. The highest BCUT2D eigenvalue weighted by molar-refractivity contribution is 5.70. The summed E-state index contributed by atoms with van der Waals surface area (Å²) in [5, 5.41) is 32.0. The molecule has 0 aromatic heterocycles. The van der Waals surface area contributed by atoms with Gasteiger partial charge in [-0.05, 0) is 65.8 Å². The molecule has 3 heterocycles. The topological polar surface area (TPSA) is 145 Å². The van der Waals surface area contributed by atoms with Gasteiger partial charge in [0.25, 0.3) is 0 Å². The van der Waals surface area contributed by atoms with E-state index in [1.807, 2.05) is 66.9 Å². The summed E-state index contributed by atoms with van der Waals surface area (Å²) < 4.78 is 23.8. The first kappa shape index (κ1) is 42.1. The van der Waals surface area contributed by atoms with Crippen LogP contribution in [0.25, 0.3) is 0 Å². The van der Waals surface area contributed by atoms with E-state index in [0.29, 0.717) is 32.4 Å². The number of ether oxygens (including phenoxy) is 4. The molecule has 0 aromatic rings. The van der Waals surface area contributed by atoms with E-state index in [0.717, 1.165) is 31.8 Å². The first-order valence-corrected chi connectivity index (χ1v) is 18.3. The molecule has 3 rings (SSSR count). The van der Waals surface area contributed by atoms with Crippen molar-refractivity contribution in [2.24, 2.45) is 11.8 Å². The number of epoxide rings is 1. The Morgan fingerprint density at radius 3 is 2.54 bits per heavy atom. The van der Waals surface area contributed by atoms with Gasteiger partial charge < -0.3 is 44.1 Å². The van der Waals surface area contributed by atoms with Gasteiger partial charge in [-0.1, -0.05) is 45.1 Å². The van der Waals surface area contributed by atoms with Crippen LogP contribution >= 0.6 is 0 Å². The predicted molar refractivity (Wildman–Crippen MR) is 193 cm³/mol. The number of amides is 1. The van der Waals surface area contributed by atoms with E-state index in [1.165, 1.54) is 0 Å². The molecular formula is C38H65N3O9. The number of hydrogen-bond donors (Lipinski definition) is 3. The minimum absolute atomic E-state index is 0.00517. The molecule has 0 radical (unpaired) electrons. The first-order valence-electron chi connectivity index (χ1n) is 18.3. The van der Waals surface area contributed by atoms with Gasteiger partial charge in [0.05, 0.1) is 36.4 Å². The Morgan fingerprint density at radius 1 is 1.24 bits per heavy atom. The number of carbonyl (C=O) groups excluding carboxylic acids is 2. The van der Waals surface area contributed by atoms with Crippen LogP contribution in [0.3, 0.4) is 0 Å². The van der Waals surface area contributed by atoms with E-state index < -0.39 is 47.7 Å². The molecular weight excluding hydrogens is 642 g/mol. The zero-order valence-electron chi connectivity index (χ0n) is 31.9. The number of nitrogens with zero attached hydrogens (tertiary/aromatic N) is 3. The van der Waals surface area contributed by atoms with Gasteiger partial charge in [-0.25, -0.2) is 4.79 Å². The van der Waals surface area contributed by atoms with Crippen molar-refractivity contribution in [3.05, 3.63) is 36.0 Å². The number of rotatable bonds is 13. The van der Waals surface area contributed by atoms with Gasteiger partial charge in [0, 0.05) is 64.6 Å². The van der Waals surface area contributed by atoms with Crippen molar-refractivity contribution >= 4 is 12.1 Å². The summed E-state index contributed by atoms with van der Waals surface area (Å²) in [7, 11) is 5.66. The maximum atomic E-state index is 13.5. The lowest BCUT2D eigenvalue weighted by atomic mass is 9.88. The van der Waals surface area contributed by atoms with Crippen LogP contribution in [0, 0.1) is 11.8 Å². The van der Waals surface area contributed by atoms with Gasteiger partial charge in [-0.15, -0.1) is 0 Å². The van der Waals surface area contributed by atoms with Gasteiger partial charge in [-0.3, -0.25) is 9.69 Å². The lowest BCUT2D eigenvalue weighted by Crippen LogP contribution is -2.52. The van der Waals surface area contributed by atoms with Crippen LogP contribution in [0.15, 0.2) is 36.0 Å². The molecule has 2 saturated heterocycles. The van der Waals surface area contributed by atoms with Crippen molar-refractivity contribution in [3.8, 4) is 0 Å². The second-order valence-electron chi connectivity index (χ2n) is 15.3. The molecule has 0 saturated carbocycles. The van der Waals surface area contributed by atoms with Gasteiger partial charge in [0.1, 0.15) is 11.7 Å². The molecule has 10 atom stereocenters. The number of methoxy groups -OCH3 is 1. The van der Waals surface area contributed by atoms with Crippen LogP contribution in [0.5, 0.6) is 0 Å². The van der Waals surface area contributed by atoms with Crippen molar-refractivity contribution in [1.82, 2.24) is 14.7 Å². The minimum Gasteiger partial charge on any atom is -0.457 e. The predicted octanol–water partition coefficient (Wildman–Crippen LogP) is 3.54. The molecule has 2 fully saturated rings. The number of piperazine rings is 1. The molecule has 0 aliphatic carbocycles. The van der Waals surface area contributed by atoms with E-state index in [-0.39, 0.29) is 36.9 Å². The Balaban J connectivity index is 1.74. The molecule has 10 unspecified atom stereocenters. The van der Waals surface area contributed by atoms with Crippen molar-refractivity contribution in [1.29, 1.82) is 0 Å². The molecule has 3 N–H and O–H groups in total. The summed E-state index contributed by atoms with van der Waals surface area (Å²) in [4.78, 5) is 32.6. The van der Waals surface area contributed by atoms with Crippen molar-refractivity contribution in [2.45, 2.75) is 121 Å². The van der Waals surface area contributed by atoms with E-state index in [2.05, 4.69) is 9.80 Å². The highest BCUT2D eigenvalue weighted by Gasteiger charge is 2.47. The van der Waals surface area contributed by atoms with Crippen LogP contribution in [0.1, 0.15) is 73.6 Å². The van der Waals surface area contributed by atoms with E-state index >= 15 is 0 Å². The van der Waals surface area contributed by atoms with Crippen molar-refractivity contribution in [3.63, 3.8) is 0 Å². The maximum Gasteiger partial charge on any atom is 0.410 e. The molecule has 3 aliphatic heterocycles. The molecule has 12 heteroatoms. The van der Waals surface area contributed by atoms with Crippen LogP contribution in [0.2, 0.25) is 0 Å². The quantitative estimate of drug-likeness (QED) is 0.112. The summed E-state index contributed by atoms with van der Waals surface area (Å²) in [6.07, 6.45) is 6.97. The summed E-state index contributed by atoms with van der Waals surface area (Å²) in [6, 6.07) is 0. The SMILES string of the molecule is CCC(O)C(C)C1OC1CC(C)(O)/C=C/C=C(\C)C1OC(=O)CC(O)CCC(C)(OC)C(OC(=O)N2CCN(CCN(C)C)CC2)/C=C/C1C. The zero-order chi connectivity index (χ0) is 37.2. The molecule has 0 bridgehead atoms. The van der Waals surface area contributed by atoms with Crippen LogP contribution < -0.4 is 0 Å². The smallest absolute Gasteiger partial charge is 0.410 e. The number of likely N-dealkylation sites (N-methyl/N-ethyl adjacent to an activating group) is 1. The Hall–Kier alpha value is -2.32. The molecule has 12 nitrogen and oxygen atoms in total. The number of allylic oxidation sites excluding steroid dienone is 2. The second kappa shape index (κ2) is 19.0. The number of hydrogen-bond acceptors (Lipinski definition) is 11. The Labute approximate surface area is 300 Å². The third-order valence-electron chi connectivity index (χ3n) is 10.5. The molecule has 50 heavy (non-hydrogen) atoms. The fraction of sp³-hybridized carbons (Fsp3) is 0.789. The average molecular weight is 708 g/mol. The van der Waals surface area contributed by atoms with Gasteiger partial charge in [0.2, 0.25) is 0 Å². The third kappa shape index (κ3) is 12.7. The summed E-state index contributed by atoms with van der Waals surface area (Å²) in [6.45, 7) is 15.8. The maximum absolute atomic E-state index is 13.5.